The molecule has 0 atom stereocenters. The number of nitro groups is 1. The van der Waals surface area contributed by atoms with Crippen LogP contribution in [0, 0.1) is 10.1 Å². The monoisotopic (exact) mass is 281 g/mol. The molecule has 0 unspecified atom stereocenters. The number of aromatic carboxylic acids is 1. The van der Waals surface area contributed by atoms with Crippen molar-refractivity contribution in [1.29, 1.82) is 0 Å². The molecule has 98 valence electrons. The van der Waals surface area contributed by atoms with Crippen LogP contribution in [0.1, 0.15) is 15.9 Å². The minimum Gasteiger partial charge on any atom is -0.478 e. The quantitative estimate of drug-likeness (QED) is 0.684. The molecule has 1 heterocycles. The molecule has 0 aliphatic heterocycles. The first kappa shape index (κ1) is 13.0. The number of aromatic nitrogens is 2. The molecule has 1 aromatic heterocycles. The predicted molar refractivity (Wildman–Crippen MR) is 66.4 cm³/mol. The average molecular weight is 282 g/mol. The number of hydrogen-bond donors (Lipinski definition) is 1. The molecule has 0 fully saturated rings. The molecular weight excluding hydrogens is 274 g/mol. The molecule has 2 rings (SSSR count). The van der Waals surface area contributed by atoms with E-state index in [1.165, 1.54) is 23.0 Å². The molecule has 0 aliphatic rings. The molecule has 0 amide bonds. The van der Waals surface area contributed by atoms with E-state index in [-0.39, 0.29) is 17.1 Å². The zero-order chi connectivity index (χ0) is 14.0. The largest absolute Gasteiger partial charge is 0.478 e. The fraction of sp³-hybridized carbons (Fsp3) is 0.0909. The van der Waals surface area contributed by atoms with Crippen molar-refractivity contribution in [2.24, 2.45) is 0 Å². The van der Waals surface area contributed by atoms with Gasteiger partial charge in [-0.25, -0.2) is 4.79 Å². The van der Waals surface area contributed by atoms with Crippen LogP contribution in [0.5, 0.6) is 0 Å². The van der Waals surface area contributed by atoms with Crippen LogP contribution in [0.15, 0.2) is 30.5 Å². The molecule has 0 saturated carbocycles. The summed E-state index contributed by atoms with van der Waals surface area (Å²) in [5.41, 5.74) is 0.805. The van der Waals surface area contributed by atoms with E-state index in [1.54, 1.807) is 12.1 Å². The lowest BCUT2D eigenvalue weighted by atomic mass is 10.1. The molecule has 0 spiro atoms. The summed E-state index contributed by atoms with van der Waals surface area (Å²) < 4.78 is 1.29. The van der Waals surface area contributed by atoms with Crippen molar-refractivity contribution in [2.45, 2.75) is 6.54 Å². The van der Waals surface area contributed by atoms with Crippen molar-refractivity contribution in [3.8, 4) is 0 Å². The Hall–Kier alpha value is -2.41. The normalized spacial score (nSPS) is 10.4. The number of carbonyl (C=O) groups is 1. The van der Waals surface area contributed by atoms with E-state index in [0.29, 0.717) is 5.56 Å². The van der Waals surface area contributed by atoms with Crippen LogP contribution < -0.4 is 0 Å². The Balaban J connectivity index is 2.26. The minimum atomic E-state index is -1.04. The summed E-state index contributed by atoms with van der Waals surface area (Å²) in [6, 6.07) is 6.24. The topological polar surface area (TPSA) is 98.3 Å². The minimum absolute atomic E-state index is 0.0561. The van der Waals surface area contributed by atoms with E-state index >= 15 is 0 Å². The molecule has 0 radical (unpaired) electrons. The predicted octanol–water partition coefficient (Wildman–Crippen LogP) is 2.19. The second kappa shape index (κ2) is 5.07. The Morgan fingerprint density at radius 1 is 1.53 bits per heavy atom. The highest BCUT2D eigenvalue weighted by Crippen LogP contribution is 2.21. The maximum Gasteiger partial charge on any atom is 0.408 e. The first-order chi connectivity index (χ1) is 8.97. The highest BCUT2D eigenvalue weighted by Gasteiger charge is 2.19. The standard InChI is InChI=1S/C11H8ClN3O4/c12-9-6-14(13-10(9)15(18)19)5-7-2-1-3-8(4-7)11(16)17/h1-4,6H,5H2,(H,16,17). The second-order valence-corrected chi connectivity index (χ2v) is 4.17. The summed E-state index contributed by atoms with van der Waals surface area (Å²) in [4.78, 5) is 20.7. The van der Waals surface area contributed by atoms with Crippen molar-refractivity contribution in [3.63, 3.8) is 0 Å². The summed E-state index contributed by atoms with van der Waals surface area (Å²) in [5.74, 6) is -1.46. The zero-order valence-corrected chi connectivity index (χ0v) is 10.2. The van der Waals surface area contributed by atoms with Gasteiger partial charge in [0.15, 0.2) is 5.02 Å². The molecule has 1 aromatic carbocycles. The first-order valence-electron chi connectivity index (χ1n) is 5.17. The number of hydrogen-bond acceptors (Lipinski definition) is 4. The second-order valence-electron chi connectivity index (χ2n) is 3.76. The maximum atomic E-state index is 10.8. The summed E-state index contributed by atoms with van der Waals surface area (Å²) in [6.07, 6.45) is 1.33. The van der Waals surface area contributed by atoms with Gasteiger partial charge in [-0.15, -0.1) is 0 Å². The van der Waals surface area contributed by atoms with Crippen LogP contribution >= 0.6 is 11.6 Å². The number of halogens is 1. The third-order valence-electron chi connectivity index (χ3n) is 2.39. The number of carboxylic acids is 1. The van der Waals surface area contributed by atoms with E-state index in [0.717, 1.165) is 0 Å². The lowest BCUT2D eigenvalue weighted by Crippen LogP contribution is -2.03. The van der Waals surface area contributed by atoms with Gasteiger partial charge in [-0.05, 0) is 22.6 Å². The van der Waals surface area contributed by atoms with E-state index in [9.17, 15) is 14.9 Å². The van der Waals surface area contributed by atoms with Crippen molar-refractivity contribution in [3.05, 3.63) is 56.7 Å². The highest BCUT2D eigenvalue weighted by atomic mass is 35.5. The Bertz CT molecular complexity index is 653. The Morgan fingerprint density at radius 2 is 2.26 bits per heavy atom. The van der Waals surface area contributed by atoms with Gasteiger partial charge in [0.1, 0.15) is 0 Å². The first-order valence-corrected chi connectivity index (χ1v) is 5.55. The molecule has 0 saturated heterocycles. The molecule has 7 nitrogen and oxygen atoms in total. The number of benzene rings is 1. The molecule has 2 aromatic rings. The van der Waals surface area contributed by atoms with Crippen LogP contribution in [0.2, 0.25) is 5.02 Å². The SMILES string of the molecule is O=C(O)c1cccc(Cn2cc(Cl)c([N+](=O)[O-])n2)c1. The molecule has 8 heteroatoms. The Morgan fingerprint density at radius 3 is 2.84 bits per heavy atom. The van der Waals surface area contributed by atoms with Gasteiger partial charge >= 0.3 is 11.8 Å². The van der Waals surface area contributed by atoms with Crippen LogP contribution in [0.3, 0.4) is 0 Å². The third kappa shape index (κ3) is 2.89. The Kier molecular flexibility index (Phi) is 3.48. The van der Waals surface area contributed by atoms with Crippen LogP contribution in [0.4, 0.5) is 5.82 Å². The van der Waals surface area contributed by atoms with Gasteiger partial charge in [0.05, 0.1) is 23.4 Å². The zero-order valence-electron chi connectivity index (χ0n) is 9.49. The Labute approximate surface area is 112 Å². The van der Waals surface area contributed by atoms with Crippen LogP contribution in [0.25, 0.3) is 0 Å². The van der Waals surface area contributed by atoms with Gasteiger partial charge in [-0.1, -0.05) is 23.7 Å². The van der Waals surface area contributed by atoms with Gasteiger partial charge in [0.2, 0.25) is 0 Å². The van der Waals surface area contributed by atoms with Crippen LogP contribution in [-0.4, -0.2) is 25.8 Å². The number of rotatable bonds is 4. The average Bonchev–Trinajstić information content (AvgIpc) is 2.70. The summed E-state index contributed by atoms with van der Waals surface area (Å²) in [7, 11) is 0. The lowest BCUT2D eigenvalue weighted by Gasteiger charge is -2.00. The fourth-order valence-electron chi connectivity index (χ4n) is 1.58. The van der Waals surface area contributed by atoms with Crippen molar-refractivity contribution < 1.29 is 14.8 Å². The summed E-state index contributed by atoms with van der Waals surface area (Å²) >= 11 is 5.67. The van der Waals surface area contributed by atoms with E-state index in [4.69, 9.17) is 16.7 Å². The van der Waals surface area contributed by atoms with Gasteiger partial charge in [-0.2, -0.15) is 4.68 Å². The van der Waals surface area contributed by atoms with Gasteiger partial charge < -0.3 is 15.2 Å². The van der Waals surface area contributed by atoms with E-state index in [1.807, 2.05) is 0 Å². The molecule has 1 N–H and O–H groups in total. The van der Waals surface area contributed by atoms with Gasteiger partial charge in [0.25, 0.3) is 0 Å². The third-order valence-corrected chi connectivity index (χ3v) is 2.66. The maximum absolute atomic E-state index is 10.8. The molecule has 19 heavy (non-hydrogen) atoms. The number of carboxylic acid groups (broad SMARTS) is 1. The van der Waals surface area contributed by atoms with Crippen molar-refractivity contribution in [1.82, 2.24) is 9.78 Å². The van der Waals surface area contributed by atoms with Crippen molar-refractivity contribution >= 4 is 23.4 Å². The molecule has 0 aliphatic carbocycles. The summed E-state index contributed by atoms with van der Waals surface area (Å²) in [5, 5.41) is 23.1. The van der Waals surface area contributed by atoms with E-state index < -0.39 is 16.7 Å². The highest BCUT2D eigenvalue weighted by molar-refractivity contribution is 6.32. The van der Waals surface area contributed by atoms with Crippen LogP contribution in [-0.2, 0) is 6.54 Å². The fourth-order valence-corrected chi connectivity index (χ4v) is 1.80. The van der Waals surface area contributed by atoms with E-state index in [2.05, 4.69) is 5.10 Å². The lowest BCUT2D eigenvalue weighted by molar-refractivity contribution is -0.389. The summed E-state index contributed by atoms with van der Waals surface area (Å²) in [6.45, 7) is 0.203. The van der Waals surface area contributed by atoms with Crippen molar-refractivity contribution in [2.75, 3.05) is 0 Å². The number of nitrogens with zero attached hydrogens (tertiary/aromatic N) is 3. The van der Waals surface area contributed by atoms with Gasteiger partial charge in [0, 0.05) is 0 Å². The molecular formula is C11H8ClN3O4. The smallest absolute Gasteiger partial charge is 0.408 e. The molecule has 0 bridgehead atoms. The van der Waals surface area contributed by atoms with Gasteiger partial charge in [-0.3, -0.25) is 0 Å².